The van der Waals surface area contributed by atoms with Crippen molar-refractivity contribution in [1.82, 2.24) is 29.5 Å². The zero-order chi connectivity index (χ0) is 21.5. The Bertz CT molecular complexity index is 1320. The van der Waals surface area contributed by atoms with Crippen LogP contribution in [-0.2, 0) is 0 Å². The minimum absolute atomic E-state index is 0.0504. The van der Waals surface area contributed by atoms with Crippen LogP contribution in [0.25, 0.3) is 16.9 Å². The van der Waals surface area contributed by atoms with Crippen LogP contribution in [0.1, 0.15) is 36.0 Å². The zero-order valence-electron chi connectivity index (χ0n) is 18.0. The second-order valence-electron chi connectivity index (χ2n) is 8.15. The molecule has 0 saturated carbocycles. The van der Waals surface area contributed by atoms with E-state index in [9.17, 15) is 4.79 Å². The molecule has 0 unspecified atom stereocenters. The van der Waals surface area contributed by atoms with Crippen molar-refractivity contribution in [3.8, 4) is 5.82 Å². The molecule has 31 heavy (non-hydrogen) atoms. The fraction of sp³-hybridized carbons (Fsp3) is 0.348. The molecule has 5 rings (SSSR count). The fourth-order valence-electron chi connectivity index (χ4n) is 4.35. The molecule has 1 aliphatic heterocycles. The number of para-hydroxylation sites is 2. The Balaban J connectivity index is 1.39. The highest BCUT2D eigenvalue weighted by Crippen LogP contribution is 2.27. The third-order valence-corrected chi connectivity index (χ3v) is 5.87. The molecule has 1 saturated heterocycles. The Morgan fingerprint density at radius 3 is 2.29 bits per heavy atom. The summed E-state index contributed by atoms with van der Waals surface area (Å²) in [5, 5.41) is 9.15. The molecule has 8 nitrogen and oxygen atoms in total. The van der Waals surface area contributed by atoms with Gasteiger partial charge in [-0.1, -0.05) is 12.1 Å². The van der Waals surface area contributed by atoms with E-state index in [2.05, 4.69) is 15.1 Å². The van der Waals surface area contributed by atoms with E-state index in [1.165, 1.54) is 0 Å². The Labute approximate surface area is 180 Å². The van der Waals surface area contributed by atoms with Crippen molar-refractivity contribution < 1.29 is 0 Å². The number of rotatable bonds is 3. The average molecular weight is 416 g/mol. The molecule has 0 bridgehead atoms. The highest BCUT2D eigenvalue weighted by atomic mass is 16.1. The molecule has 1 fully saturated rings. The van der Waals surface area contributed by atoms with E-state index in [1.807, 2.05) is 51.1 Å². The fourth-order valence-corrected chi connectivity index (χ4v) is 4.35. The number of hydrogen-bond donors (Lipinski definition) is 0. The van der Waals surface area contributed by atoms with Crippen LogP contribution in [-0.4, -0.2) is 42.6 Å². The lowest BCUT2D eigenvalue weighted by atomic mass is 10.0. The summed E-state index contributed by atoms with van der Waals surface area (Å²) in [5.41, 5.74) is 4.59. The van der Waals surface area contributed by atoms with Gasteiger partial charge in [0.2, 0.25) is 0 Å². The number of anilines is 1. The molecule has 8 heteroatoms. The van der Waals surface area contributed by atoms with Crippen LogP contribution < -0.4 is 10.5 Å². The SMILES string of the molecule is Cc1cc(C)n(-c2ccc(=O)n(C3CCN(c4nc5ccccc5nc4C)CC3)n2)n1. The number of hydrogen-bond acceptors (Lipinski definition) is 6. The largest absolute Gasteiger partial charge is 0.355 e. The van der Waals surface area contributed by atoms with Crippen molar-refractivity contribution in [2.24, 2.45) is 0 Å². The topological polar surface area (TPSA) is 81.7 Å². The first-order valence-electron chi connectivity index (χ1n) is 10.6. The molecule has 0 amide bonds. The second-order valence-corrected chi connectivity index (χ2v) is 8.15. The van der Waals surface area contributed by atoms with Crippen molar-refractivity contribution >= 4 is 16.9 Å². The molecule has 1 aliphatic rings. The van der Waals surface area contributed by atoms with Crippen LogP contribution in [0.15, 0.2) is 47.3 Å². The van der Waals surface area contributed by atoms with Gasteiger partial charge in [0, 0.05) is 24.8 Å². The summed E-state index contributed by atoms with van der Waals surface area (Å²) in [6.07, 6.45) is 1.64. The lowest BCUT2D eigenvalue weighted by molar-refractivity contribution is 0.350. The minimum Gasteiger partial charge on any atom is -0.355 e. The molecule has 1 aromatic carbocycles. The first-order valence-corrected chi connectivity index (χ1v) is 10.6. The molecular formula is C23H25N7O. The summed E-state index contributed by atoms with van der Waals surface area (Å²) >= 11 is 0. The quantitative estimate of drug-likeness (QED) is 0.511. The molecule has 0 N–H and O–H groups in total. The second kappa shape index (κ2) is 7.61. The molecule has 0 aliphatic carbocycles. The van der Waals surface area contributed by atoms with Crippen molar-refractivity contribution in [3.63, 3.8) is 0 Å². The van der Waals surface area contributed by atoms with E-state index >= 15 is 0 Å². The van der Waals surface area contributed by atoms with Crippen LogP contribution in [0.3, 0.4) is 0 Å². The van der Waals surface area contributed by atoms with Gasteiger partial charge in [-0.15, -0.1) is 5.10 Å². The van der Waals surface area contributed by atoms with Gasteiger partial charge in [0.05, 0.1) is 28.5 Å². The van der Waals surface area contributed by atoms with E-state index in [-0.39, 0.29) is 11.6 Å². The summed E-state index contributed by atoms with van der Waals surface area (Å²) in [5.74, 6) is 1.60. The molecule has 0 atom stereocenters. The van der Waals surface area contributed by atoms with Gasteiger partial charge in [-0.25, -0.2) is 19.3 Å². The summed E-state index contributed by atoms with van der Waals surface area (Å²) in [7, 11) is 0. The van der Waals surface area contributed by atoms with Crippen molar-refractivity contribution in [2.45, 2.75) is 39.7 Å². The van der Waals surface area contributed by atoms with Crippen molar-refractivity contribution in [2.75, 3.05) is 18.0 Å². The first kappa shape index (κ1) is 19.4. The number of benzene rings is 1. The predicted molar refractivity (Wildman–Crippen MR) is 120 cm³/mol. The third-order valence-electron chi connectivity index (χ3n) is 5.87. The predicted octanol–water partition coefficient (Wildman–Crippen LogP) is 3.14. The standard InChI is InChI=1S/C23H25N7O/c1-15-14-16(2)29(26-15)21-8-9-22(31)30(27-21)18-10-12-28(13-11-18)23-17(3)24-19-6-4-5-7-20(19)25-23/h4-9,14,18H,10-13H2,1-3H3. The smallest absolute Gasteiger partial charge is 0.267 e. The van der Waals surface area contributed by atoms with Crippen LogP contribution in [0, 0.1) is 20.8 Å². The summed E-state index contributed by atoms with van der Waals surface area (Å²) < 4.78 is 3.41. The minimum atomic E-state index is -0.0783. The monoisotopic (exact) mass is 415 g/mol. The van der Waals surface area contributed by atoms with E-state index in [1.54, 1.807) is 21.5 Å². The van der Waals surface area contributed by atoms with Gasteiger partial charge in [-0.3, -0.25) is 4.79 Å². The highest BCUT2D eigenvalue weighted by molar-refractivity contribution is 5.76. The number of fused-ring (bicyclic) bond motifs is 1. The summed E-state index contributed by atoms with van der Waals surface area (Å²) in [6.45, 7) is 7.55. The Morgan fingerprint density at radius 1 is 0.903 bits per heavy atom. The molecule has 3 aromatic heterocycles. The lowest BCUT2D eigenvalue weighted by Crippen LogP contribution is -2.39. The van der Waals surface area contributed by atoms with Gasteiger partial charge in [0.25, 0.3) is 5.56 Å². The van der Waals surface area contributed by atoms with Crippen LogP contribution in [0.4, 0.5) is 5.82 Å². The molecule has 0 spiro atoms. The third kappa shape index (κ3) is 3.58. The Morgan fingerprint density at radius 2 is 1.61 bits per heavy atom. The summed E-state index contributed by atoms with van der Waals surface area (Å²) in [4.78, 5) is 24.4. The van der Waals surface area contributed by atoms with Gasteiger partial charge < -0.3 is 4.90 Å². The average Bonchev–Trinajstić information content (AvgIpc) is 3.12. The number of piperidine rings is 1. The Hall–Kier alpha value is -3.55. The van der Waals surface area contributed by atoms with Gasteiger partial charge in [-0.05, 0) is 57.9 Å². The molecule has 4 aromatic rings. The number of nitrogens with zero attached hydrogens (tertiary/aromatic N) is 7. The van der Waals surface area contributed by atoms with E-state index in [0.717, 1.165) is 59.9 Å². The first-order chi connectivity index (χ1) is 15.0. The molecular weight excluding hydrogens is 390 g/mol. The van der Waals surface area contributed by atoms with Crippen molar-refractivity contribution in [3.05, 3.63) is 69.9 Å². The van der Waals surface area contributed by atoms with E-state index < -0.39 is 0 Å². The summed E-state index contributed by atoms with van der Waals surface area (Å²) in [6, 6.07) is 13.3. The number of aromatic nitrogens is 6. The van der Waals surface area contributed by atoms with E-state index in [0.29, 0.717) is 5.82 Å². The maximum absolute atomic E-state index is 12.6. The molecule has 158 valence electrons. The van der Waals surface area contributed by atoms with Crippen LogP contribution >= 0.6 is 0 Å². The van der Waals surface area contributed by atoms with Crippen molar-refractivity contribution in [1.29, 1.82) is 0 Å². The zero-order valence-corrected chi connectivity index (χ0v) is 18.0. The van der Waals surface area contributed by atoms with Gasteiger partial charge >= 0.3 is 0 Å². The van der Waals surface area contributed by atoms with Gasteiger partial charge in [0.15, 0.2) is 11.6 Å². The molecule has 4 heterocycles. The van der Waals surface area contributed by atoms with Gasteiger partial charge in [-0.2, -0.15) is 5.10 Å². The number of aryl methyl sites for hydroxylation is 3. The normalized spacial score (nSPS) is 15.0. The molecule has 0 radical (unpaired) electrons. The van der Waals surface area contributed by atoms with E-state index in [4.69, 9.17) is 9.97 Å². The highest BCUT2D eigenvalue weighted by Gasteiger charge is 2.25. The maximum Gasteiger partial charge on any atom is 0.267 e. The Kier molecular flexibility index (Phi) is 4.77. The lowest BCUT2D eigenvalue weighted by Gasteiger charge is -2.33. The van der Waals surface area contributed by atoms with Crippen LogP contribution in [0.5, 0.6) is 0 Å². The maximum atomic E-state index is 12.6. The van der Waals surface area contributed by atoms with Crippen LogP contribution in [0.2, 0.25) is 0 Å². The van der Waals surface area contributed by atoms with Gasteiger partial charge in [0.1, 0.15) is 0 Å².